The van der Waals surface area contributed by atoms with E-state index in [0.717, 1.165) is 12.4 Å². The standard InChI is InChI=1S/C10H7F3N2O2/c1-2-17-9(16)7-5-15-4-6(3-14)8(7)10(11,12)13/h4-5H,2H2,1H3. The van der Waals surface area contributed by atoms with E-state index in [1.54, 1.807) is 0 Å². The van der Waals surface area contributed by atoms with Gasteiger partial charge < -0.3 is 4.74 Å². The Morgan fingerprint density at radius 1 is 1.53 bits per heavy atom. The number of nitriles is 1. The van der Waals surface area contributed by atoms with E-state index in [0.29, 0.717) is 0 Å². The summed E-state index contributed by atoms with van der Waals surface area (Å²) in [5.74, 6) is -1.15. The third kappa shape index (κ3) is 2.72. The number of pyridine rings is 1. The molecule has 0 amide bonds. The largest absolute Gasteiger partial charge is 0.462 e. The Bertz CT molecular complexity index is 477. The van der Waals surface area contributed by atoms with Crippen LogP contribution in [-0.2, 0) is 10.9 Å². The monoisotopic (exact) mass is 244 g/mol. The minimum atomic E-state index is -4.81. The fourth-order valence-electron chi connectivity index (χ4n) is 1.21. The molecule has 0 unspecified atom stereocenters. The van der Waals surface area contributed by atoms with Gasteiger partial charge in [0.15, 0.2) is 0 Å². The van der Waals surface area contributed by atoms with Gasteiger partial charge in [0, 0.05) is 12.4 Å². The quantitative estimate of drug-likeness (QED) is 0.748. The van der Waals surface area contributed by atoms with Gasteiger partial charge in [-0.2, -0.15) is 18.4 Å². The molecule has 1 aromatic heterocycles. The number of rotatable bonds is 2. The number of aromatic nitrogens is 1. The minimum Gasteiger partial charge on any atom is -0.462 e. The second-order valence-corrected chi connectivity index (χ2v) is 2.94. The van der Waals surface area contributed by atoms with Crippen molar-refractivity contribution in [2.24, 2.45) is 0 Å². The maximum absolute atomic E-state index is 12.7. The van der Waals surface area contributed by atoms with Crippen LogP contribution in [0.2, 0.25) is 0 Å². The van der Waals surface area contributed by atoms with Crippen molar-refractivity contribution in [3.8, 4) is 6.07 Å². The number of carbonyl (C=O) groups is 1. The van der Waals surface area contributed by atoms with Gasteiger partial charge in [-0.25, -0.2) is 4.79 Å². The molecule has 1 heterocycles. The first-order valence-corrected chi connectivity index (χ1v) is 4.54. The number of halogens is 3. The van der Waals surface area contributed by atoms with E-state index in [1.807, 2.05) is 0 Å². The highest BCUT2D eigenvalue weighted by atomic mass is 19.4. The zero-order chi connectivity index (χ0) is 13.1. The van der Waals surface area contributed by atoms with E-state index < -0.39 is 28.8 Å². The van der Waals surface area contributed by atoms with Crippen LogP contribution in [0, 0.1) is 11.3 Å². The van der Waals surface area contributed by atoms with E-state index in [-0.39, 0.29) is 6.61 Å². The molecule has 7 heteroatoms. The molecule has 1 rings (SSSR count). The maximum Gasteiger partial charge on any atom is 0.418 e. The molecule has 0 saturated carbocycles. The lowest BCUT2D eigenvalue weighted by atomic mass is 10.0. The first-order chi connectivity index (χ1) is 7.91. The molecule has 0 spiro atoms. The van der Waals surface area contributed by atoms with Gasteiger partial charge in [-0.15, -0.1) is 0 Å². The first-order valence-electron chi connectivity index (χ1n) is 4.54. The van der Waals surface area contributed by atoms with Gasteiger partial charge in [-0.1, -0.05) is 0 Å². The molecule has 0 saturated heterocycles. The summed E-state index contributed by atoms with van der Waals surface area (Å²) in [7, 11) is 0. The lowest BCUT2D eigenvalue weighted by Gasteiger charge is -2.12. The van der Waals surface area contributed by atoms with Gasteiger partial charge in [-0.3, -0.25) is 4.98 Å². The fraction of sp³-hybridized carbons (Fsp3) is 0.300. The van der Waals surface area contributed by atoms with E-state index in [9.17, 15) is 18.0 Å². The SMILES string of the molecule is CCOC(=O)c1cncc(C#N)c1C(F)(F)F. The molecule has 0 radical (unpaired) electrons. The van der Waals surface area contributed by atoms with Crippen LogP contribution >= 0.6 is 0 Å². The lowest BCUT2D eigenvalue weighted by Crippen LogP contribution is -2.17. The summed E-state index contributed by atoms with van der Waals surface area (Å²) in [5, 5.41) is 8.58. The summed E-state index contributed by atoms with van der Waals surface area (Å²) >= 11 is 0. The van der Waals surface area contributed by atoms with Crippen LogP contribution in [0.15, 0.2) is 12.4 Å². The van der Waals surface area contributed by atoms with Crippen LogP contribution in [0.1, 0.15) is 28.4 Å². The molecular formula is C10H7F3N2O2. The summed E-state index contributed by atoms with van der Waals surface area (Å²) in [4.78, 5) is 14.7. The molecule has 17 heavy (non-hydrogen) atoms. The molecular weight excluding hydrogens is 237 g/mol. The van der Waals surface area contributed by atoms with E-state index in [2.05, 4.69) is 9.72 Å². The molecule has 0 aliphatic carbocycles. The molecule has 0 atom stereocenters. The summed E-state index contributed by atoms with van der Waals surface area (Å²) in [6, 6.07) is 1.35. The zero-order valence-corrected chi connectivity index (χ0v) is 8.71. The molecule has 1 aromatic rings. The number of hydrogen-bond donors (Lipinski definition) is 0. The van der Waals surface area contributed by atoms with Crippen molar-refractivity contribution in [3.63, 3.8) is 0 Å². The van der Waals surface area contributed by atoms with Crippen LogP contribution in [0.25, 0.3) is 0 Å². The van der Waals surface area contributed by atoms with Crippen molar-refractivity contribution in [3.05, 3.63) is 29.1 Å². The average molecular weight is 244 g/mol. The van der Waals surface area contributed by atoms with Gasteiger partial charge in [0.1, 0.15) is 6.07 Å². The Kier molecular flexibility index (Phi) is 3.68. The number of hydrogen-bond acceptors (Lipinski definition) is 4. The summed E-state index contributed by atoms with van der Waals surface area (Å²) < 4.78 is 42.6. The van der Waals surface area contributed by atoms with Crippen LogP contribution < -0.4 is 0 Å². The topological polar surface area (TPSA) is 63.0 Å². The maximum atomic E-state index is 12.7. The number of nitrogens with zero attached hydrogens (tertiary/aromatic N) is 2. The van der Waals surface area contributed by atoms with Crippen molar-refractivity contribution < 1.29 is 22.7 Å². The van der Waals surface area contributed by atoms with Gasteiger partial charge in [-0.05, 0) is 6.92 Å². The molecule has 90 valence electrons. The third-order valence-corrected chi connectivity index (χ3v) is 1.85. The normalized spacial score (nSPS) is 10.8. The fourth-order valence-corrected chi connectivity index (χ4v) is 1.21. The predicted octanol–water partition coefficient (Wildman–Crippen LogP) is 2.15. The Hall–Kier alpha value is -2.10. The Labute approximate surface area is 94.6 Å². The second-order valence-electron chi connectivity index (χ2n) is 2.94. The first kappa shape index (κ1) is 13.0. The Morgan fingerprint density at radius 3 is 2.65 bits per heavy atom. The van der Waals surface area contributed by atoms with Crippen molar-refractivity contribution in [1.29, 1.82) is 5.26 Å². The Morgan fingerprint density at radius 2 is 2.18 bits per heavy atom. The Balaban J connectivity index is 3.41. The van der Waals surface area contributed by atoms with Gasteiger partial charge in [0.05, 0.1) is 23.3 Å². The van der Waals surface area contributed by atoms with Crippen LogP contribution in [0.5, 0.6) is 0 Å². The van der Waals surface area contributed by atoms with E-state index in [4.69, 9.17) is 5.26 Å². The van der Waals surface area contributed by atoms with Crippen LogP contribution in [-0.4, -0.2) is 17.6 Å². The smallest absolute Gasteiger partial charge is 0.418 e. The molecule has 0 N–H and O–H groups in total. The summed E-state index contributed by atoms with van der Waals surface area (Å²) in [5.41, 5.74) is -2.77. The number of ether oxygens (including phenoxy) is 1. The van der Waals surface area contributed by atoms with E-state index >= 15 is 0 Å². The lowest BCUT2D eigenvalue weighted by molar-refractivity contribution is -0.138. The van der Waals surface area contributed by atoms with Crippen molar-refractivity contribution in [2.75, 3.05) is 6.61 Å². The molecule has 0 aliphatic heterocycles. The summed E-state index contributed by atoms with van der Waals surface area (Å²) in [6.45, 7) is 1.40. The zero-order valence-electron chi connectivity index (χ0n) is 8.71. The molecule has 4 nitrogen and oxygen atoms in total. The summed E-state index contributed by atoms with van der Waals surface area (Å²) in [6.07, 6.45) is -3.32. The van der Waals surface area contributed by atoms with Crippen molar-refractivity contribution in [2.45, 2.75) is 13.1 Å². The molecule has 0 aliphatic rings. The van der Waals surface area contributed by atoms with Crippen LogP contribution in [0.4, 0.5) is 13.2 Å². The van der Waals surface area contributed by atoms with E-state index in [1.165, 1.54) is 13.0 Å². The molecule has 0 bridgehead atoms. The average Bonchev–Trinajstić information content (AvgIpc) is 2.27. The number of carbonyl (C=O) groups excluding carboxylic acids is 1. The number of esters is 1. The highest BCUT2D eigenvalue weighted by Crippen LogP contribution is 2.34. The van der Waals surface area contributed by atoms with Crippen LogP contribution in [0.3, 0.4) is 0 Å². The van der Waals surface area contributed by atoms with Gasteiger partial charge in [0.25, 0.3) is 0 Å². The van der Waals surface area contributed by atoms with Crippen molar-refractivity contribution >= 4 is 5.97 Å². The molecule has 0 aromatic carbocycles. The highest BCUT2D eigenvalue weighted by molar-refractivity contribution is 5.91. The minimum absolute atomic E-state index is 0.0626. The predicted molar refractivity (Wildman–Crippen MR) is 49.9 cm³/mol. The van der Waals surface area contributed by atoms with Gasteiger partial charge >= 0.3 is 12.1 Å². The molecule has 0 fully saturated rings. The highest BCUT2D eigenvalue weighted by Gasteiger charge is 2.38. The third-order valence-electron chi connectivity index (χ3n) is 1.85. The second kappa shape index (κ2) is 4.82. The number of alkyl halides is 3. The van der Waals surface area contributed by atoms with Crippen molar-refractivity contribution in [1.82, 2.24) is 4.98 Å². The van der Waals surface area contributed by atoms with Gasteiger partial charge in [0.2, 0.25) is 0 Å².